The quantitative estimate of drug-likeness (QED) is 0.759. The molecule has 0 unspecified atom stereocenters. The zero-order valence-electron chi connectivity index (χ0n) is 9.92. The summed E-state index contributed by atoms with van der Waals surface area (Å²) < 4.78 is 5.23. The summed E-state index contributed by atoms with van der Waals surface area (Å²) in [4.78, 5) is 11.4. The molecule has 15 heavy (non-hydrogen) atoms. The van der Waals surface area contributed by atoms with Crippen molar-refractivity contribution in [2.24, 2.45) is 5.92 Å². The van der Waals surface area contributed by atoms with Crippen LogP contribution in [0.15, 0.2) is 0 Å². The summed E-state index contributed by atoms with van der Waals surface area (Å²) in [6.07, 6.45) is 6.68. The summed E-state index contributed by atoms with van der Waals surface area (Å²) in [7, 11) is 0. The Morgan fingerprint density at radius 2 is 2.00 bits per heavy atom. The predicted molar refractivity (Wildman–Crippen MR) is 60.7 cm³/mol. The largest absolute Gasteiger partial charge is 0.369 e. The van der Waals surface area contributed by atoms with E-state index in [4.69, 9.17) is 4.74 Å². The molecule has 1 rings (SSSR count). The maximum Gasteiger partial charge on any atom is 0.246 e. The van der Waals surface area contributed by atoms with E-state index in [0.717, 1.165) is 6.54 Å². The Labute approximate surface area is 92.6 Å². The van der Waals surface area contributed by atoms with Crippen molar-refractivity contribution in [3.63, 3.8) is 0 Å². The topological polar surface area (TPSA) is 38.3 Å². The van der Waals surface area contributed by atoms with Crippen molar-refractivity contribution < 1.29 is 9.53 Å². The van der Waals surface area contributed by atoms with Crippen LogP contribution >= 0.6 is 0 Å². The second kappa shape index (κ2) is 6.83. The Bertz CT molecular complexity index is 186. The predicted octanol–water partition coefficient (Wildman–Crippen LogP) is 2.11. The molecular formula is C12H23NO2. The fraction of sp³-hybridized carbons (Fsp3) is 0.917. The minimum absolute atomic E-state index is 0.0225. The minimum Gasteiger partial charge on any atom is -0.369 e. The van der Waals surface area contributed by atoms with Crippen molar-refractivity contribution in [1.82, 2.24) is 5.32 Å². The molecular weight excluding hydrogens is 190 g/mol. The van der Waals surface area contributed by atoms with E-state index >= 15 is 0 Å². The molecule has 3 heteroatoms. The van der Waals surface area contributed by atoms with Crippen molar-refractivity contribution in [3.05, 3.63) is 0 Å². The summed E-state index contributed by atoms with van der Waals surface area (Å²) in [5, 5.41) is 2.94. The molecule has 0 aromatic carbocycles. The molecule has 0 aromatic rings. The minimum atomic E-state index is 0.0225. The third-order valence-corrected chi connectivity index (χ3v) is 2.86. The SMILES string of the molecule is CC(C)OCC(=O)NCC1CCCCC1. The summed E-state index contributed by atoms with van der Waals surface area (Å²) in [6.45, 7) is 4.91. The van der Waals surface area contributed by atoms with E-state index in [0.29, 0.717) is 5.92 Å². The van der Waals surface area contributed by atoms with Crippen molar-refractivity contribution in [1.29, 1.82) is 0 Å². The molecule has 0 aliphatic heterocycles. The van der Waals surface area contributed by atoms with Crippen LogP contribution < -0.4 is 5.32 Å². The zero-order valence-corrected chi connectivity index (χ0v) is 9.92. The fourth-order valence-electron chi connectivity index (χ4n) is 1.94. The van der Waals surface area contributed by atoms with Gasteiger partial charge in [0, 0.05) is 6.54 Å². The van der Waals surface area contributed by atoms with Gasteiger partial charge in [-0.2, -0.15) is 0 Å². The van der Waals surface area contributed by atoms with Gasteiger partial charge >= 0.3 is 0 Å². The molecule has 0 heterocycles. The Morgan fingerprint density at radius 3 is 2.60 bits per heavy atom. The van der Waals surface area contributed by atoms with E-state index in [-0.39, 0.29) is 18.6 Å². The lowest BCUT2D eigenvalue weighted by atomic mass is 9.89. The van der Waals surface area contributed by atoms with Gasteiger partial charge in [-0.25, -0.2) is 0 Å². The van der Waals surface area contributed by atoms with Crippen LogP contribution in [-0.4, -0.2) is 25.2 Å². The number of ether oxygens (including phenoxy) is 1. The van der Waals surface area contributed by atoms with Gasteiger partial charge in [-0.05, 0) is 32.6 Å². The first kappa shape index (κ1) is 12.5. The summed E-state index contributed by atoms with van der Waals surface area (Å²) in [5.41, 5.74) is 0. The third-order valence-electron chi connectivity index (χ3n) is 2.86. The Kier molecular flexibility index (Phi) is 5.69. The van der Waals surface area contributed by atoms with Gasteiger partial charge in [0.25, 0.3) is 0 Å². The Balaban J connectivity index is 2.05. The maximum absolute atomic E-state index is 11.4. The molecule has 1 saturated carbocycles. The molecule has 88 valence electrons. The first-order chi connectivity index (χ1) is 7.18. The Hall–Kier alpha value is -0.570. The second-order valence-corrected chi connectivity index (χ2v) is 4.67. The number of nitrogens with one attached hydrogen (secondary N) is 1. The molecule has 1 fully saturated rings. The zero-order chi connectivity index (χ0) is 11.1. The van der Waals surface area contributed by atoms with E-state index < -0.39 is 0 Å². The van der Waals surface area contributed by atoms with Gasteiger partial charge in [0.15, 0.2) is 0 Å². The van der Waals surface area contributed by atoms with Crippen LogP contribution in [0.2, 0.25) is 0 Å². The number of carbonyl (C=O) groups is 1. The van der Waals surface area contributed by atoms with E-state index in [1.54, 1.807) is 0 Å². The summed E-state index contributed by atoms with van der Waals surface area (Å²) >= 11 is 0. The molecule has 1 N–H and O–H groups in total. The van der Waals surface area contributed by atoms with Crippen LogP contribution in [0.3, 0.4) is 0 Å². The Morgan fingerprint density at radius 1 is 1.33 bits per heavy atom. The van der Waals surface area contributed by atoms with E-state index in [1.165, 1.54) is 32.1 Å². The van der Waals surface area contributed by atoms with Crippen LogP contribution in [0.5, 0.6) is 0 Å². The molecule has 1 amide bonds. The first-order valence-electron chi connectivity index (χ1n) is 6.07. The van der Waals surface area contributed by atoms with Crippen molar-refractivity contribution in [2.75, 3.05) is 13.2 Å². The summed E-state index contributed by atoms with van der Waals surface area (Å²) in [5.74, 6) is 0.719. The third kappa shape index (κ3) is 5.78. The van der Waals surface area contributed by atoms with Gasteiger partial charge in [0.05, 0.1) is 6.10 Å². The van der Waals surface area contributed by atoms with Crippen molar-refractivity contribution >= 4 is 5.91 Å². The molecule has 0 saturated heterocycles. The first-order valence-corrected chi connectivity index (χ1v) is 6.07. The highest BCUT2D eigenvalue weighted by atomic mass is 16.5. The molecule has 0 bridgehead atoms. The fourth-order valence-corrected chi connectivity index (χ4v) is 1.94. The number of rotatable bonds is 5. The number of hydrogen-bond acceptors (Lipinski definition) is 2. The molecule has 0 atom stereocenters. The van der Waals surface area contributed by atoms with Crippen LogP contribution in [0.25, 0.3) is 0 Å². The molecule has 3 nitrogen and oxygen atoms in total. The average molecular weight is 213 g/mol. The highest BCUT2D eigenvalue weighted by molar-refractivity contribution is 5.77. The smallest absolute Gasteiger partial charge is 0.246 e. The number of amides is 1. The van der Waals surface area contributed by atoms with Crippen LogP contribution in [0, 0.1) is 5.92 Å². The van der Waals surface area contributed by atoms with Crippen LogP contribution in [0.4, 0.5) is 0 Å². The highest BCUT2D eigenvalue weighted by Crippen LogP contribution is 2.22. The monoisotopic (exact) mass is 213 g/mol. The van der Waals surface area contributed by atoms with Gasteiger partial charge in [-0.3, -0.25) is 4.79 Å². The van der Waals surface area contributed by atoms with E-state index in [2.05, 4.69) is 5.32 Å². The van der Waals surface area contributed by atoms with Gasteiger partial charge in [-0.15, -0.1) is 0 Å². The molecule has 0 aromatic heterocycles. The van der Waals surface area contributed by atoms with E-state index in [1.807, 2.05) is 13.8 Å². The number of hydrogen-bond donors (Lipinski definition) is 1. The molecule has 0 spiro atoms. The second-order valence-electron chi connectivity index (χ2n) is 4.67. The summed E-state index contributed by atoms with van der Waals surface area (Å²) in [6, 6.07) is 0. The lowest BCUT2D eigenvalue weighted by molar-refractivity contribution is -0.127. The van der Waals surface area contributed by atoms with Gasteiger partial charge < -0.3 is 10.1 Å². The van der Waals surface area contributed by atoms with Crippen molar-refractivity contribution in [2.45, 2.75) is 52.1 Å². The highest BCUT2D eigenvalue weighted by Gasteiger charge is 2.14. The van der Waals surface area contributed by atoms with Gasteiger partial charge in [-0.1, -0.05) is 19.3 Å². The maximum atomic E-state index is 11.4. The number of carbonyl (C=O) groups excluding carboxylic acids is 1. The molecule has 1 aliphatic carbocycles. The van der Waals surface area contributed by atoms with Crippen LogP contribution in [0.1, 0.15) is 46.0 Å². The van der Waals surface area contributed by atoms with Gasteiger partial charge in [0.1, 0.15) is 6.61 Å². The van der Waals surface area contributed by atoms with Crippen molar-refractivity contribution in [3.8, 4) is 0 Å². The van der Waals surface area contributed by atoms with Crippen LogP contribution in [-0.2, 0) is 9.53 Å². The molecule has 0 radical (unpaired) electrons. The standard InChI is InChI=1S/C12H23NO2/c1-10(2)15-9-12(14)13-8-11-6-4-3-5-7-11/h10-11H,3-9H2,1-2H3,(H,13,14). The normalized spacial score (nSPS) is 18.1. The lowest BCUT2D eigenvalue weighted by Gasteiger charge is -2.21. The molecule has 1 aliphatic rings. The van der Waals surface area contributed by atoms with Gasteiger partial charge in [0.2, 0.25) is 5.91 Å². The average Bonchev–Trinajstić information content (AvgIpc) is 2.25. The van der Waals surface area contributed by atoms with E-state index in [9.17, 15) is 4.79 Å². The lowest BCUT2D eigenvalue weighted by Crippen LogP contribution is -2.33.